The Bertz CT molecular complexity index is 1790. The Balaban J connectivity index is 1.65. The summed E-state index contributed by atoms with van der Waals surface area (Å²) in [6, 6.07) is -3.82. The largest absolute Gasteiger partial charge is 0.479 e. The van der Waals surface area contributed by atoms with Gasteiger partial charge < -0.3 is 94.9 Å². The molecular formula is C28H44N2O29S2. The van der Waals surface area contributed by atoms with Crippen molar-refractivity contribution in [2.45, 2.75) is 137 Å². The van der Waals surface area contributed by atoms with Crippen LogP contribution >= 0.6 is 0 Å². The average Bonchev–Trinajstić information content (AvgIpc) is 3.14. The van der Waals surface area contributed by atoms with Crippen molar-refractivity contribution in [2.75, 3.05) is 13.2 Å². The zero-order valence-corrected chi connectivity index (χ0v) is 32.7. The molecular weight excluding hydrogens is 892 g/mol. The maximum Gasteiger partial charge on any atom is 0.397 e. The van der Waals surface area contributed by atoms with Crippen LogP contribution in [0.15, 0.2) is 0 Å². The molecule has 0 aromatic heterocycles. The first-order valence-electron chi connectivity index (χ1n) is 17.4. The van der Waals surface area contributed by atoms with Crippen LogP contribution in [0.25, 0.3) is 0 Å². The number of aliphatic hydroxyl groups excluding tert-OH is 8. The molecule has 14 N–H and O–H groups in total. The summed E-state index contributed by atoms with van der Waals surface area (Å²) in [5.41, 5.74) is 0. The van der Waals surface area contributed by atoms with Crippen LogP contribution in [0, 0.1) is 0 Å². The molecule has 0 aromatic carbocycles. The number of aliphatic carboxylic acids is 2. The Kier molecular flexibility index (Phi) is 16.8. The van der Waals surface area contributed by atoms with Crippen LogP contribution in [0.2, 0.25) is 0 Å². The molecule has 352 valence electrons. The number of carboxylic acid groups (broad SMARTS) is 2. The molecule has 0 aromatic rings. The second-order valence-electron chi connectivity index (χ2n) is 13.7. The Morgan fingerprint density at radius 1 is 0.508 bits per heavy atom. The predicted molar refractivity (Wildman–Crippen MR) is 179 cm³/mol. The molecule has 33 heteroatoms. The van der Waals surface area contributed by atoms with Gasteiger partial charge in [0.2, 0.25) is 11.8 Å². The van der Waals surface area contributed by atoms with Crippen LogP contribution in [0.4, 0.5) is 0 Å². The average molecular weight is 937 g/mol. The molecule has 20 atom stereocenters. The lowest BCUT2D eigenvalue weighted by Gasteiger charge is -2.49. The molecule has 2 amide bonds. The van der Waals surface area contributed by atoms with Crippen LogP contribution in [-0.2, 0) is 81.5 Å². The minimum absolute atomic E-state index is 0.879. The smallest absolute Gasteiger partial charge is 0.397 e. The van der Waals surface area contributed by atoms with Crippen molar-refractivity contribution in [3.8, 4) is 0 Å². The first-order valence-corrected chi connectivity index (χ1v) is 20.1. The highest BCUT2D eigenvalue weighted by molar-refractivity contribution is 7.81. The number of aliphatic hydroxyl groups is 8. The third-order valence-electron chi connectivity index (χ3n) is 9.34. The summed E-state index contributed by atoms with van der Waals surface area (Å²) in [5, 5.41) is 110. The van der Waals surface area contributed by atoms with Gasteiger partial charge in [0.1, 0.15) is 85.3 Å². The van der Waals surface area contributed by atoms with E-state index in [9.17, 15) is 91.6 Å². The summed E-state index contributed by atoms with van der Waals surface area (Å²) in [7, 11) is -10.5. The highest BCUT2D eigenvalue weighted by Gasteiger charge is 2.57. The number of carboxylic acids is 2. The summed E-state index contributed by atoms with van der Waals surface area (Å²) < 4.78 is 110. The Morgan fingerprint density at radius 2 is 0.918 bits per heavy atom. The van der Waals surface area contributed by atoms with Gasteiger partial charge in [0.25, 0.3) is 0 Å². The van der Waals surface area contributed by atoms with E-state index in [1.165, 1.54) is 0 Å². The molecule has 4 aliphatic heterocycles. The van der Waals surface area contributed by atoms with E-state index in [0.29, 0.717) is 0 Å². The third kappa shape index (κ3) is 12.6. The van der Waals surface area contributed by atoms with E-state index >= 15 is 0 Å². The van der Waals surface area contributed by atoms with E-state index in [0.717, 1.165) is 13.8 Å². The van der Waals surface area contributed by atoms with Crippen molar-refractivity contribution in [1.82, 2.24) is 10.6 Å². The third-order valence-corrected chi connectivity index (χ3v) is 10.2. The summed E-state index contributed by atoms with van der Waals surface area (Å²) in [5.74, 6) is -5.78. The highest BCUT2D eigenvalue weighted by Crippen LogP contribution is 2.35. The van der Waals surface area contributed by atoms with Crippen LogP contribution in [0.1, 0.15) is 13.8 Å². The molecule has 0 bridgehead atoms. The summed E-state index contributed by atoms with van der Waals surface area (Å²) in [4.78, 5) is 48.6. The van der Waals surface area contributed by atoms with Gasteiger partial charge in [-0.2, -0.15) is 16.8 Å². The second kappa shape index (κ2) is 20.2. The first-order chi connectivity index (χ1) is 28.1. The molecule has 0 aliphatic carbocycles. The lowest BCUT2D eigenvalue weighted by atomic mass is 9.94. The normalized spacial score (nSPS) is 42.3. The number of amides is 2. The zero-order valence-electron chi connectivity index (χ0n) is 31.1. The fourth-order valence-corrected chi connectivity index (χ4v) is 7.18. The minimum atomic E-state index is -5.38. The Labute approximate surface area is 342 Å². The molecule has 0 spiro atoms. The molecule has 4 saturated heterocycles. The molecule has 61 heavy (non-hydrogen) atoms. The monoisotopic (exact) mass is 936 g/mol. The van der Waals surface area contributed by atoms with Gasteiger partial charge in [0.05, 0.1) is 13.2 Å². The van der Waals surface area contributed by atoms with E-state index in [-0.39, 0.29) is 0 Å². The molecule has 0 radical (unpaired) electrons. The molecule has 4 rings (SSSR count). The van der Waals surface area contributed by atoms with Crippen molar-refractivity contribution < 1.29 is 138 Å². The van der Waals surface area contributed by atoms with Crippen LogP contribution in [0.3, 0.4) is 0 Å². The lowest BCUT2D eigenvalue weighted by Crippen LogP contribution is -2.70. The Morgan fingerprint density at radius 3 is 1.38 bits per heavy atom. The van der Waals surface area contributed by atoms with Gasteiger partial charge in [0, 0.05) is 13.8 Å². The van der Waals surface area contributed by atoms with Crippen LogP contribution in [-0.4, -0.2) is 237 Å². The first kappa shape index (κ1) is 50.7. The van der Waals surface area contributed by atoms with E-state index in [1.807, 2.05) is 0 Å². The fourth-order valence-electron chi connectivity index (χ4n) is 6.57. The standard InChI is InChI=1S/C28H44N2O29S2/c1-5(31)29-9-12(34)11(33)7(3-51-60(45,46)47)53-26(9)58-20-15(37)17(39)28(59-22(20)24(42)43)56-18-8(4-52-61(48,49)50)54-27(10(13(18)35)30-6(2)32)57-19-14(36)16(38)25(44)55-21(19)23(40)41/h7-22,25-28,33-39,44H,3-4H2,1-2H3,(H,29,31)(H,30,32)(H,40,41)(H,42,43)(H,45,46,47)(H,48,49,50)/t7?,8?,9?,10?,11-,12-,13-,14-,15-,16?,17?,18-,19+,20+,21?,22?,25-,26+,27+,28-/m1/s1. The highest BCUT2D eigenvalue weighted by atomic mass is 32.3. The van der Waals surface area contributed by atoms with E-state index in [2.05, 4.69) is 19.0 Å². The summed E-state index contributed by atoms with van der Waals surface area (Å²) >= 11 is 0. The van der Waals surface area contributed by atoms with Gasteiger partial charge >= 0.3 is 32.7 Å². The van der Waals surface area contributed by atoms with Crippen LogP contribution in [0.5, 0.6) is 0 Å². The maximum atomic E-state index is 12.5. The van der Waals surface area contributed by atoms with E-state index in [1.54, 1.807) is 0 Å². The lowest BCUT2D eigenvalue weighted by molar-refractivity contribution is -0.370. The number of carbonyl (C=O) groups is 4. The van der Waals surface area contributed by atoms with Gasteiger partial charge in [-0.15, -0.1) is 0 Å². The molecule has 4 aliphatic rings. The van der Waals surface area contributed by atoms with Crippen molar-refractivity contribution in [1.29, 1.82) is 0 Å². The number of carbonyl (C=O) groups excluding carboxylic acids is 2. The molecule has 0 saturated carbocycles. The number of nitrogens with one attached hydrogen (secondary N) is 2. The van der Waals surface area contributed by atoms with Crippen molar-refractivity contribution in [2.24, 2.45) is 0 Å². The van der Waals surface area contributed by atoms with Gasteiger partial charge in [-0.05, 0) is 0 Å². The number of ether oxygens (including phenoxy) is 7. The fraction of sp³-hybridized carbons (Fsp3) is 0.857. The second-order valence-corrected chi connectivity index (χ2v) is 15.9. The van der Waals surface area contributed by atoms with Gasteiger partial charge in [-0.25, -0.2) is 18.0 Å². The van der Waals surface area contributed by atoms with Gasteiger partial charge in [-0.1, -0.05) is 0 Å². The minimum Gasteiger partial charge on any atom is -0.479 e. The molecule has 8 unspecified atom stereocenters. The number of hydrogen-bond donors (Lipinski definition) is 14. The quantitative estimate of drug-likeness (QED) is 0.0639. The zero-order chi connectivity index (χ0) is 46.0. The number of rotatable bonds is 16. The number of hydrogen-bond acceptors (Lipinski definition) is 25. The van der Waals surface area contributed by atoms with Gasteiger partial charge in [-0.3, -0.25) is 18.7 Å². The predicted octanol–water partition coefficient (Wildman–Crippen LogP) is -9.62. The van der Waals surface area contributed by atoms with Gasteiger partial charge in [0.15, 0.2) is 37.4 Å². The van der Waals surface area contributed by atoms with Crippen LogP contribution < -0.4 is 10.6 Å². The van der Waals surface area contributed by atoms with Crippen molar-refractivity contribution in [3.63, 3.8) is 0 Å². The topological polar surface area (TPSA) is 486 Å². The summed E-state index contributed by atoms with van der Waals surface area (Å²) in [6.07, 6.45) is -40.5. The molecule has 4 heterocycles. The SMILES string of the molecule is CC(=O)NC1[C@H](O[C@@H]2C(C(=O)O)O[C@@H](O[C@@H]3C(COS(=O)(=O)O)O[C@@H](O[C@@H]4C(C(=O)O)O[C@@H](O)C(O)[C@H]4O)C(NC(C)=O)[C@H]3O)C(O)[C@H]2O)OC(COS(=O)(=O)O)[C@@H](O)[C@@H]1O. The summed E-state index contributed by atoms with van der Waals surface area (Å²) in [6.45, 7) is -0.773. The van der Waals surface area contributed by atoms with Crippen molar-refractivity contribution in [3.05, 3.63) is 0 Å². The van der Waals surface area contributed by atoms with E-state index < -0.39 is 180 Å². The van der Waals surface area contributed by atoms with Crippen molar-refractivity contribution >= 4 is 44.6 Å². The molecule has 31 nitrogen and oxygen atoms in total. The van der Waals surface area contributed by atoms with E-state index in [4.69, 9.17) is 37.7 Å². The Hall–Kier alpha value is -2.98. The maximum absolute atomic E-state index is 12.5. The molecule has 4 fully saturated rings.